The fraction of sp³-hybridized carbons (Fsp3) is 0.278. The summed E-state index contributed by atoms with van der Waals surface area (Å²) in [4.78, 5) is 17.5. The van der Waals surface area contributed by atoms with Crippen molar-refractivity contribution >= 4 is 45.7 Å². The van der Waals surface area contributed by atoms with E-state index >= 15 is 0 Å². The Bertz CT molecular complexity index is 871. The maximum absolute atomic E-state index is 12.1. The highest BCUT2D eigenvalue weighted by atomic mass is 35.5. The highest BCUT2D eigenvalue weighted by Crippen LogP contribution is 2.23. The SMILES string of the molecule is Cc1noc(C)c1CSCC(=O)Nc1ncc(Cc2ccc(Cl)cc2)s1. The van der Waals surface area contributed by atoms with E-state index in [1.807, 2.05) is 38.1 Å². The van der Waals surface area contributed by atoms with Crippen molar-refractivity contribution in [2.75, 3.05) is 11.1 Å². The number of nitrogens with one attached hydrogen (secondary N) is 1. The third kappa shape index (κ3) is 5.09. The summed E-state index contributed by atoms with van der Waals surface area (Å²) in [7, 11) is 0. The molecule has 0 spiro atoms. The van der Waals surface area contributed by atoms with Gasteiger partial charge in [-0.25, -0.2) is 4.98 Å². The van der Waals surface area contributed by atoms with Crippen LogP contribution >= 0.6 is 34.7 Å². The van der Waals surface area contributed by atoms with Crippen molar-refractivity contribution in [2.45, 2.75) is 26.0 Å². The first-order valence-corrected chi connectivity index (χ1v) is 10.3. The second kappa shape index (κ2) is 8.70. The lowest BCUT2D eigenvalue weighted by atomic mass is 10.1. The van der Waals surface area contributed by atoms with Gasteiger partial charge in [0.05, 0.1) is 11.4 Å². The molecule has 0 saturated carbocycles. The van der Waals surface area contributed by atoms with E-state index in [1.54, 1.807) is 6.20 Å². The summed E-state index contributed by atoms with van der Waals surface area (Å²) in [5.41, 5.74) is 3.09. The summed E-state index contributed by atoms with van der Waals surface area (Å²) in [5.74, 6) is 1.81. The topological polar surface area (TPSA) is 68.0 Å². The molecule has 0 bridgehead atoms. The summed E-state index contributed by atoms with van der Waals surface area (Å²) >= 11 is 8.92. The lowest BCUT2D eigenvalue weighted by Crippen LogP contribution is -2.13. The van der Waals surface area contributed by atoms with Crippen LogP contribution in [0.2, 0.25) is 5.02 Å². The van der Waals surface area contributed by atoms with Crippen LogP contribution < -0.4 is 5.32 Å². The van der Waals surface area contributed by atoms with Crippen LogP contribution in [-0.2, 0) is 17.0 Å². The van der Waals surface area contributed by atoms with Gasteiger partial charge in [-0.15, -0.1) is 23.1 Å². The van der Waals surface area contributed by atoms with Crippen molar-refractivity contribution in [3.05, 3.63) is 62.9 Å². The standard InChI is InChI=1S/C18H18ClN3O2S2/c1-11-16(12(2)24-22-11)9-25-10-17(23)21-18-20-8-15(26-18)7-13-3-5-14(19)6-4-13/h3-6,8H,7,9-10H2,1-2H3,(H,20,21,23). The van der Waals surface area contributed by atoms with E-state index in [9.17, 15) is 4.79 Å². The van der Waals surface area contributed by atoms with Crippen molar-refractivity contribution in [1.29, 1.82) is 0 Å². The highest BCUT2D eigenvalue weighted by Gasteiger charge is 2.11. The summed E-state index contributed by atoms with van der Waals surface area (Å²) in [6.07, 6.45) is 2.57. The van der Waals surface area contributed by atoms with Gasteiger partial charge in [-0.3, -0.25) is 4.79 Å². The van der Waals surface area contributed by atoms with E-state index in [2.05, 4.69) is 15.5 Å². The van der Waals surface area contributed by atoms with E-state index in [0.29, 0.717) is 16.6 Å². The molecule has 0 unspecified atom stereocenters. The molecule has 2 heterocycles. The van der Waals surface area contributed by atoms with Crippen LogP contribution in [0.1, 0.15) is 27.5 Å². The summed E-state index contributed by atoms with van der Waals surface area (Å²) < 4.78 is 5.13. The molecule has 5 nitrogen and oxygen atoms in total. The first-order chi connectivity index (χ1) is 12.5. The third-order valence-corrected chi connectivity index (χ3v) is 5.88. The normalized spacial score (nSPS) is 10.9. The third-order valence-electron chi connectivity index (χ3n) is 3.75. The number of rotatable bonds is 7. The highest BCUT2D eigenvalue weighted by molar-refractivity contribution is 7.99. The van der Waals surface area contributed by atoms with Crippen LogP contribution in [0.5, 0.6) is 0 Å². The molecule has 0 aliphatic rings. The molecule has 2 aromatic heterocycles. The van der Waals surface area contributed by atoms with Crippen molar-refractivity contribution < 1.29 is 9.32 Å². The van der Waals surface area contributed by atoms with Crippen molar-refractivity contribution in [3.8, 4) is 0 Å². The predicted octanol–water partition coefficient (Wildman–Crippen LogP) is 4.86. The van der Waals surface area contributed by atoms with Gasteiger partial charge in [-0.2, -0.15) is 0 Å². The van der Waals surface area contributed by atoms with Crippen molar-refractivity contribution in [3.63, 3.8) is 0 Å². The van der Waals surface area contributed by atoms with Gasteiger partial charge >= 0.3 is 0 Å². The van der Waals surface area contributed by atoms with Gasteiger partial charge in [0, 0.05) is 33.8 Å². The number of thiazole rings is 1. The largest absolute Gasteiger partial charge is 0.361 e. The Morgan fingerprint density at radius 1 is 1.31 bits per heavy atom. The Morgan fingerprint density at radius 3 is 2.77 bits per heavy atom. The van der Waals surface area contributed by atoms with Crippen LogP contribution in [0.15, 0.2) is 35.0 Å². The van der Waals surface area contributed by atoms with Crippen LogP contribution in [-0.4, -0.2) is 21.8 Å². The number of nitrogens with zero attached hydrogens (tertiary/aromatic N) is 2. The van der Waals surface area contributed by atoms with Gasteiger partial charge in [0.2, 0.25) is 5.91 Å². The lowest BCUT2D eigenvalue weighted by Gasteiger charge is -2.02. The van der Waals surface area contributed by atoms with Gasteiger partial charge in [0.15, 0.2) is 5.13 Å². The smallest absolute Gasteiger partial charge is 0.236 e. The van der Waals surface area contributed by atoms with Gasteiger partial charge in [0.25, 0.3) is 0 Å². The number of thioether (sulfide) groups is 1. The van der Waals surface area contributed by atoms with E-state index in [0.717, 1.165) is 38.9 Å². The average molecular weight is 408 g/mol. The zero-order chi connectivity index (χ0) is 18.5. The Kier molecular flexibility index (Phi) is 6.34. The van der Waals surface area contributed by atoms with Crippen molar-refractivity contribution in [2.24, 2.45) is 0 Å². The molecule has 3 rings (SSSR count). The number of aromatic nitrogens is 2. The van der Waals surface area contributed by atoms with E-state index in [-0.39, 0.29) is 5.91 Å². The fourth-order valence-corrected chi connectivity index (χ4v) is 4.32. The van der Waals surface area contributed by atoms with Crippen LogP contribution in [0.3, 0.4) is 0 Å². The number of benzene rings is 1. The Hall–Kier alpha value is -1.83. The Morgan fingerprint density at radius 2 is 2.08 bits per heavy atom. The maximum Gasteiger partial charge on any atom is 0.236 e. The molecule has 26 heavy (non-hydrogen) atoms. The molecule has 0 saturated heterocycles. The molecular formula is C18H18ClN3O2S2. The zero-order valence-electron chi connectivity index (χ0n) is 14.4. The van der Waals surface area contributed by atoms with E-state index in [1.165, 1.54) is 23.1 Å². The number of carbonyl (C=O) groups excluding carboxylic acids is 1. The number of anilines is 1. The van der Waals surface area contributed by atoms with Crippen LogP contribution in [0.4, 0.5) is 5.13 Å². The monoisotopic (exact) mass is 407 g/mol. The van der Waals surface area contributed by atoms with E-state index < -0.39 is 0 Å². The predicted molar refractivity (Wildman–Crippen MR) is 107 cm³/mol. The number of aryl methyl sites for hydroxylation is 2. The molecule has 0 radical (unpaired) electrons. The summed E-state index contributed by atoms with van der Waals surface area (Å²) in [6, 6.07) is 7.73. The Labute approximate surface area is 165 Å². The molecule has 3 aromatic rings. The Balaban J connectivity index is 1.47. The number of halogens is 1. The molecule has 1 amide bonds. The quantitative estimate of drug-likeness (QED) is 0.605. The second-order valence-corrected chi connectivity index (χ2v) is 8.32. The fourth-order valence-electron chi connectivity index (χ4n) is 2.36. The number of carbonyl (C=O) groups is 1. The molecule has 0 atom stereocenters. The molecule has 0 aliphatic heterocycles. The van der Waals surface area contributed by atoms with Gasteiger partial charge in [-0.05, 0) is 31.5 Å². The summed E-state index contributed by atoms with van der Waals surface area (Å²) in [6.45, 7) is 3.79. The minimum absolute atomic E-state index is 0.0610. The first kappa shape index (κ1) is 18.9. The number of hydrogen-bond donors (Lipinski definition) is 1. The minimum Gasteiger partial charge on any atom is -0.361 e. The number of hydrogen-bond acceptors (Lipinski definition) is 6. The van der Waals surface area contributed by atoms with Crippen LogP contribution in [0, 0.1) is 13.8 Å². The lowest BCUT2D eigenvalue weighted by molar-refractivity contribution is -0.113. The van der Waals surface area contributed by atoms with Crippen molar-refractivity contribution in [1.82, 2.24) is 10.1 Å². The van der Waals surface area contributed by atoms with Gasteiger partial charge in [0.1, 0.15) is 5.76 Å². The van der Waals surface area contributed by atoms with Gasteiger partial charge in [-0.1, -0.05) is 28.9 Å². The average Bonchev–Trinajstić information content (AvgIpc) is 3.17. The van der Waals surface area contributed by atoms with Crippen LogP contribution in [0.25, 0.3) is 0 Å². The minimum atomic E-state index is -0.0610. The van der Waals surface area contributed by atoms with Gasteiger partial charge < -0.3 is 9.84 Å². The summed E-state index contributed by atoms with van der Waals surface area (Å²) in [5, 5.41) is 8.12. The zero-order valence-corrected chi connectivity index (χ0v) is 16.8. The number of amides is 1. The maximum atomic E-state index is 12.1. The second-order valence-electron chi connectivity index (χ2n) is 5.78. The molecule has 0 fully saturated rings. The molecule has 1 aromatic carbocycles. The first-order valence-electron chi connectivity index (χ1n) is 8.00. The molecular weight excluding hydrogens is 390 g/mol. The molecule has 136 valence electrons. The molecule has 1 N–H and O–H groups in total. The molecule has 8 heteroatoms. The van der Waals surface area contributed by atoms with E-state index in [4.69, 9.17) is 16.1 Å². The molecule has 0 aliphatic carbocycles.